The lowest BCUT2D eigenvalue weighted by Crippen LogP contribution is -2.32. The molecule has 0 aliphatic heterocycles. The normalized spacial score (nSPS) is 11.8. The van der Waals surface area contributed by atoms with E-state index in [-0.39, 0.29) is 18.7 Å². The summed E-state index contributed by atoms with van der Waals surface area (Å²) in [7, 11) is 0. The van der Waals surface area contributed by atoms with Gasteiger partial charge in [0.05, 0.1) is 16.8 Å². The van der Waals surface area contributed by atoms with Crippen LogP contribution < -0.4 is 10.6 Å². The summed E-state index contributed by atoms with van der Waals surface area (Å²) in [6.45, 7) is 2.03. The Morgan fingerprint density at radius 3 is 2.61 bits per heavy atom. The van der Waals surface area contributed by atoms with Crippen molar-refractivity contribution in [2.45, 2.75) is 25.8 Å². The summed E-state index contributed by atoms with van der Waals surface area (Å²) in [5, 5.41) is 15.3. The number of urea groups is 1. The van der Waals surface area contributed by atoms with Gasteiger partial charge in [0.25, 0.3) is 0 Å². The molecule has 23 heavy (non-hydrogen) atoms. The van der Waals surface area contributed by atoms with Crippen molar-refractivity contribution in [1.82, 2.24) is 5.32 Å². The van der Waals surface area contributed by atoms with Crippen molar-refractivity contribution < 1.29 is 9.90 Å². The van der Waals surface area contributed by atoms with Gasteiger partial charge >= 0.3 is 6.03 Å². The van der Waals surface area contributed by atoms with Crippen LogP contribution in [-0.2, 0) is 0 Å². The van der Waals surface area contributed by atoms with Gasteiger partial charge in [-0.3, -0.25) is 0 Å². The van der Waals surface area contributed by atoms with Crippen LogP contribution >= 0.6 is 11.6 Å². The molecule has 2 amide bonds. The first-order chi connectivity index (χ1) is 11.1. The monoisotopic (exact) mass is 332 g/mol. The van der Waals surface area contributed by atoms with Gasteiger partial charge in [0.1, 0.15) is 0 Å². The number of halogens is 1. The first kappa shape index (κ1) is 17.3. The third-order valence-electron chi connectivity index (χ3n) is 3.53. The summed E-state index contributed by atoms with van der Waals surface area (Å²) in [6, 6.07) is 14.7. The number of aryl methyl sites for hydroxylation is 1. The van der Waals surface area contributed by atoms with Crippen LogP contribution in [0.4, 0.5) is 10.5 Å². The Bertz CT molecular complexity index is 647. The van der Waals surface area contributed by atoms with Gasteiger partial charge in [-0.25, -0.2) is 4.79 Å². The number of nitrogens with one attached hydrogen (secondary N) is 2. The fraction of sp³-hybridized carbons (Fsp3) is 0.278. The average Bonchev–Trinajstić information content (AvgIpc) is 2.55. The summed E-state index contributed by atoms with van der Waals surface area (Å²) in [5.41, 5.74) is 2.61. The zero-order valence-corrected chi connectivity index (χ0v) is 13.8. The number of carbonyl (C=O) groups excluding carboxylic acids is 1. The Kier molecular flexibility index (Phi) is 6.44. The van der Waals surface area contributed by atoms with E-state index >= 15 is 0 Å². The van der Waals surface area contributed by atoms with Crippen molar-refractivity contribution in [1.29, 1.82) is 0 Å². The van der Waals surface area contributed by atoms with Gasteiger partial charge in [0, 0.05) is 6.61 Å². The number of carbonyl (C=O) groups is 1. The molecule has 0 aliphatic carbocycles. The largest absolute Gasteiger partial charge is 0.396 e. The van der Waals surface area contributed by atoms with Gasteiger partial charge in [0.15, 0.2) is 0 Å². The third kappa shape index (κ3) is 5.27. The minimum absolute atomic E-state index is 0.0937. The highest BCUT2D eigenvalue weighted by molar-refractivity contribution is 6.33. The lowest BCUT2D eigenvalue weighted by atomic mass is 10.0. The van der Waals surface area contributed by atoms with Crippen LogP contribution in [0, 0.1) is 6.92 Å². The molecule has 3 N–H and O–H groups in total. The highest BCUT2D eigenvalue weighted by Gasteiger charge is 2.15. The van der Waals surface area contributed by atoms with Crippen LogP contribution in [0.25, 0.3) is 0 Å². The molecule has 0 aromatic heterocycles. The van der Waals surface area contributed by atoms with E-state index in [4.69, 9.17) is 16.7 Å². The number of hydrogen-bond donors (Lipinski definition) is 3. The molecule has 0 heterocycles. The molecule has 0 aliphatic rings. The summed E-state index contributed by atoms with van der Waals surface area (Å²) in [4.78, 5) is 12.3. The zero-order chi connectivity index (χ0) is 16.7. The van der Waals surface area contributed by atoms with E-state index in [1.54, 1.807) is 12.1 Å². The fourth-order valence-electron chi connectivity index (χ4n) is 2.34. The van der Waals surface area contributed by atoms with Crippen LogP contribution in [-0.4, -0.2) is 17.7 Å². The quantitative estimate of drug-likeness (QED) is 0.739. The maximum Gasteiger partial charge on any atom is 0.319 e. The molecule has 2 aromatic rings. The minimum atomic E-state index is -0.317. The van der Waals surface area contributed by atoms with E-state index in [1.165, 1.54) is 0 Å². The van der Waals surface area contributed by atoms with E-state index in [0.29, 0.717) is 23.6 Å². The highest BCUT2D eigenvalue weighted by Crippen LogP contribution is 2.23. The summed E-state index contributed by atoms with van der Waals surface area (Å²) >= 11 is 6.14. The standard InChI is InChI=1S/C18H21ClN2O2/c1-13-9-10-17(15(19)12-13)21-18(23)20-16(8-5-11-22)14-6-3-2-4-7-14/h2-4,6-7,9-10,12,16,22H,5,8,11H2,1H3,(H2,20,21,23). The molecule has 1 unspecified atom stereocenters. The maximum absolute atomic E-state index is 12.3. The van der Waals surface area contributed by atoms with E-state index in [2.05, 4.69) is 10.6 Å². The first-order valence-electron chi connectivity index (χ1n) is 7.59. The number of anilines is 1. The van der Waals surface area contributed by atoms with E-state index in [1.807, 2.05) is 43.3 Å². The minimum Gasteiger partial charge on any atom is -0.396 e. The van der Waals surface area contributed by atoms with Gasteiger partial charge in [-0.15, -0.1) is 0 Å². The average molecular weight is 333 g/mol. The van der Waals surface area contributed by atoms with E-state index in [9.17, 15) is 4.79 Å². The lowest BCUT2D eigenvalue weighted by molar-refractivity contribution is 0.244. The van der Waals surface area contributed by atoms with E-state index < -0.39 is 0 Å². The molecule has 0 spiro atoms. The summed E-state index contributed by atoms with van der Waals surface area (Å²) in [6.07, 6.45) is 1.28. The molecule has 2 rings (SSSR count). The molecule has 2 aromatic carbocycles. The van der Waals surface area contributed by atoms with Crippen molar-refractivity contribution in [3.8, 4) is 0 Å². The summed E-state index contributed by atoms with van der Waals surface area (Å²) in [5.74, 6) is 0. The van der Waals surface area contributed by atoms with Crippen molar-refractivity contribution in [3.63, 3.8) is 0 Å². The Hall–Kier alpha value is -2.04. The summed E-state index contributed by atoms with van der Waals surface area (Å²) < 4.78 is 0. The van der Waals surface area contributed by atoms with Crippen molar-refractivity contribution >= 4 is 23.3 Å². The van der Waals surface area contributed by atoms with E-state index in [0.717, 1.165) is 11.1 Å². The number of benzene rings is 2. The molecular formula is C18H21ClN2O2. The van der Waals surface area contributed by atoms with Gasteiger partial charge in [-0.2, -0.15) is 0 Å². The molecule has 122 valence electrons. The van der Waals surface area contributed by atoms with Crippen molar-refractivity contribution in [2.75, 3.05) is 11.9 Å². The molecule has 0 radical (unpaired) electrons. The Morgan fingerprint density at radius 2 is 1.96 bits per heavy atom. The SMILES string of the molecule is Cc1ccc(NC(=O)NC(CCCO)c2ccccc2)c(Cl)c1. The second-order valence-corrected chi connectivity index (χ2v) is 5.82. The number of rotatable bonds is 6. The van der Waals surface area contributed by atoms with Crippen LogP contribution in [0.3, 0.4) is 0 Å². The van der Waals surface area contributed by atoms with Crippen LogP contribution in [0.1, 0.15) is 30.0 Å². The van der Waals surface area contributed by atoms with Gasteiger partial charge in [-0.1, -0.05) is 48.0 Å². The Labute approximate surface area is 141 Å². The Morgan fingerprint density at radius 1 is 1.22 bits per heavy atom. The van der Waals surface area contributed by atoms with Crippen molar-refractivity contribution in [2.24, 2.45) is 0 Å². The van der Waals surface area contributed by atoms with Crippen LogP contribution in [0.5, 0.6) is 0 Å². The second-order valence-electron chi connectivity index (χ2n) is 5.41. The highest BCUT2D eigenvalue weighted by atomic mass is 35.5. The van der Waals surface area contributed by atoms with Crippen molar-refractivity contribution in [3.05, 3.63) is 64.7 Å². The van der Waals surface area contributed by atoms with Gasteiger partial charge < -0.3 is 15.7 Å². The fourth-order valence-corrected chi connectivity index (χ4v) is 2.62. The number of hydrogen-bond acceptors (Lipinski definition) is 2. The Balaban J connectivity index is 2.05. The molecule has 0 saturated heterocycles. The molecular weight excluding hydrogens is 312 g/mol. The van der Waals surface area contributed by atoms with Gasteiger partial charge in [-0.05, 0) is 43.0 Å². The molecule has 1 atom stereocenters. The molecule has 0 fully saturated rings. The maximum atomic E-state index is 12.3. The lowest BCUT2D eigenvalue weighted by Gasteiger charge is -2.19. The second kappa shape index (κ2) is 8.56. The molecule has 5 heteroatoms. The predicted molar refractivity (Wildman–Crippen MR) is 93.8 cm³/mol. The smallest absolute Gasteiger partial charge is 0.319 e. The molecule has 4 nitrogen and oxygen atoms in total. The zero-order valence-electron chi connectivity index (χ0n) is 13.1. The van der Waals surface area contributed by atoms with Gasteiger partial charge in [0.2, 0.25) is 0 Å². The number of amides is 2. The van der Waals surface area contributed by atoms with Crippen LogP contribution in [0.2, 0.25) is 5.02 Å². The topological polar surface area (TPSA) is 61.4 Å². The molecule has 0 saturated carbocycles. The number of aliphatic hydroxyl groups excluding tert-OH is 1. The predicted octanol–water partition coefficient (Wildman–Crippen LogP) is 4.28. The third-order valence-corrected chi connectivity index (χ3v) is 3.84. The number of aliphatic hydroxyl groups is 1. The first-order valence-corrected chi connectivity index (χ1v) is 7.97. The molecule has 0 bridgehead atoms. The van der Waals surface area contributed by atoms with Crippen LogP contribution in [0.15, 0.2) is 48.5 Å².